The largest absolute Gasteiger partial charge is 0.394 e. The van der Waals surface area contributed by atoms with Gasteiger partial charge in [0.2, 0.25) is 0 Å². The van der Waals surface area contributed by atoms with Gasteiger partial charge in [-0.2, -0.15) is 0 Å². The molecule has 2 rings (SSSR count). The highest BCUT2D eigenvalue weighted by Gasteiger charge is 2.36. The van der Waals surface area contributed by atoms with Gasteiger partial charge in [0.15, 0.2) is 0 Å². The van der Waals surface area contributed by atoms with Crippen molar-refractivity contribution >= 4 is 33.2 Å². The quantitative estimate of drug-likeness (QED) is 0.880. The molecule has 0 saturated heterocycles. The molecule has 0 aliphatic heterocycles. The maximum Gasteiger partial charge on any atom is 0.261 e. The Balaban J connectivity index is 2.11. The first-order chi connectivity index (χ1) is 8.96. The van der Waals surface area contributed by atoms with Gasteiger partial charge in [-0.25, -0.2) is 0 Å². The van der Waals surface area contributed by atoms with Crippen LogP contribution in [0.5, 0.6) is 0 Å². The number of carbonyl (C=O) groups is 1. The summed E-state index contributed by atoms with van der Waals surface area (Å²) < 4.78 is 0.993. The van der Waals surface area contributed by atoms with Crippen molar-refractivity contribution in [1.82, 2.24) is 5.32 Å². The van der Waals surface area contributed by atoms with E-state index in [1.54, 1.807) is 0 Å². The molecule has 1 saturated carbocycles. The average Bonchev–Trinajstić information content (AvgIpc) is 2.70. The van der Waals surface area contributed by atoms with Gasteiger partial charge in [-0.15, -0.1) is 11.3 Å². The molecule has 0 radical (unpaired) electrons. The molecule has 1 aromatic heterocycles. The maximum absolute atomic E-state index is 12.3. The molecule has 19 heavy (non-hydrogen) atoms. The summed E-state index contributed by atoms with van der Waals surface area (Å²) in [7, 11) is 0. The van der Waals surface area contributed by atoms with Crippen molar-refractivity contribution in [3.8, 4) is 0 Å². The molecule has 1 aliphatic carbocycles. The number of rotatable bonds is 3. The smallest absolute Gasteiger partial charge is 0.261 e. The fourth-order valence-corrected chi connectivity index (χ4v) is 4.26. The summed E-state index contributed by atoms with van der Waals surface area (Å²) in [5, 5.41) is 12.8. The van der Waals surface area contributed by atoms with Crippen molar-refractivity contribution in [2.75, 3.05) is 6.61 Å². The van der Waals surface area contributed by atoms with Gasteiger partial charge in [0.05, 0.1) is 20.8 Å². The van der Waals surface area contributed by atoms with Crippen LogP contribution in [0.2, 0.25) is 0 Å². The van der Waals surface area contributed by atoms with Gasteiger partial charge in [-0.1, -0.05) is 19.8 Å². The summed E-state index contributed by atoms with van der Waals surface area (Å²) in [6.07, 6.45) is 3.97. The highest BCUT2D eigenvalue weighted by Crippen LogP contribution is 2.33. The number of aryl methyl sites for hydroxylation is 1. The number of amides is 1. The molecule has 1 fully saturated rings. The molecule has 2 unspecified atom stereocenters. The molecule has 0 aromatic carbocycles. The summed E-state index contributed by atoms with van der Waals surface area (Å²) in [5.41, 5.74) is 0.643. The lowest BCUT2D eigenvalue weighted by Crippen LogP contribution is -2.53. The zero-order chi connectivity index (χ0) is 14.0. The van der Waals surface area contributed by atoms with Crippen LogP contribution >= 0.6 is 27.3 Å². The number of hydrogen-bond donors (Lipinski definition) is 2. The Bertz CT molecular complexity index is 455. The van der Waals surface area contributed by atoms with Crippen molar-refractivity contribution < 1.29 is 9.90 Å². The Kier molecular flexibility index (Phi) is 4.69. The highest BCUT2D eigenvalue weighted by atomic mass is 79.9. The second kappa shape index (κ2) is 5.94. The van der Waals surface area contributed by atoms with Crippen molar-refractivity contribution in [3.05, 3.63) is 20.3 Å². The van der Waals surface area contributed by atoms with Crippen molar-refractivity contribution in [2.45, 2.75) is 45.1 Å². The molecule has 3 nitrogen and oxygen atoms in total. The van der Waals surface area contributed by atoms with Crippen LogP contribution in [0.1, 0.15) is 47.8 Å². The zero-order valence-electron chi connectivity index (χ0n) is 11.3. The lowest BCUT2D eigenvalue weighted by Gasteiger charge is -2.39. The molecule has 1 aliphatic rings. The molecular formula is C14H20BrNO2S. The first-order valence-electron chi connectivity index (χ1n) is 6.65. The molecule has 106 valence electrons. The molecule has 2 atom stereocenters. The van der Waals surface area contributed by atoms with E-state index in [1.807, 2.05) is 13.0 Å². The number of nitrogens with one attached hydrogen (secondary N) is 1. The van der Waals surface area contributed by atoms with Crippen LogP contribution in [-0.2, 0) is 0 Å². The predicted molar refractivity (Wildman–Crippen MR) is 81.7 cm³/mol. The van der Waals surface area contributed by atoms with Gasteiger partial charge < -0.3 is 10.4 Å². The second-order valence-electron chi connectivity index (χ2n) is 5.66. The van der Waals surface area contributed by atoms with Crippen LogP contribution < -0.4 is 5.32 Å². The monoisotopic (exact) mass is 345 g/mol. The molecule has 2 N–H and O–H groups in total. The lowest BCUT2D eigenvalue weighted by atomic mass is 9.77. The van der Waals surface area contributed by atoms with Gasteiger partial charge in [-0.05, 0) is 53.2 Å². The Morgan fingerprint density at radius 2 is 2.42 bits per heavy atom. The Morgan fingerprint density at radius 3 is 2.95 bits per heavy atom. The second-order valence-corrected chi connectivity index (χ2v) is 8.03. The Morgan fingerprint density at radius 1 is 1.68 bits per heavy atom. The number of hydrogen-bond acceptors (Lipinski definition) is 3. The van der Waals surface area contributed by atoms with Gasteiger partial charge in [0.1, 0.15) is 0 Å². The van der Waals surface area contributed by atoms with Crippen LogP contribution in [0.25, 0.3) is 0 Å². The molecule has 5 heteroatoms. The Labute approximate surface area is 126 Å². The molecule has 1 aromatic rings. The number of aliphatic hydroxyl groups is 1. The summed E-state index contributed by atoms with van der Waals surface area (Å²) in [4.78, 5) is 13.0. The third-order valence-electron chi connectivity index (χ3n) is 3.85. The molecular weight excluding hydrogens is 326 g/mol. The van der Waals surface area contributed by atoms with Crippen LogP contribution in [0.3, 0.4) is 0 Å². The fourth-order valence-electron chi connectivity index (χ4n) is 2.83. The van der Waals surface area contributed by atoms with Crippen LogP contribution in [0, 0.1) is 12.8 Å². The molecule has 1 amide bonds. The number of halogens is 1. The summed E-state index contributed by atoms with van der Waals surface area (Å²) >= 11 is 4.88. The van der Waals surface area contributed by atoms with E-state index in [4.69, 9.17) is 0 Å². The van der Waals surface area contributed by atoms with E-state index in [9.17, 15) is 9.90 Å². The van der Waals surface area contributed by atoms with E-state index < -0.39 is 5.54 Å². The molecule has 0 bridgehead atoms. The minimum atomic E-state index is -0.431. The number of thiophene rings is 1. The number of carbonyl (C=O) groups excluding carboxylic acids is 1. The zero-order valence-corrected chi connectivity index (χ0v) is 13.7. The van der Waals surface area contributed by atoms with Gasteiger partial charge in [-0.3, -0.25) is 4.79 Å². The Hall–Kier alpha value is -0.390. The van der Waals surface area contributed by atoms with Crippen LogP contribution in [0.4, 0.5) is 0 Å². The topological polar surface area (TPSA) is 49.3 Å². The van der Waals surface area contributed by atoms with Crippen molar-refractivity contribution in [1.29, 1.82) is 0 Å². The van der Waals surface area contributed by atoms with E-state index in [0.29, 0.717) is 10.8 Å². The predicted octanol–water partition coefficient (Wildman–Crippen LogP) is 3.49. The number of aliphatic hydroxyl groups excluding tert-OH is 1. The van der Waals surface area contributed by atoms with E-state index in [2.05, 4.69) is 28.2 Å². The third-order valence-corrected chi connectivity index (χ3v) is 5.99. The SMILES string of the molecule is Cc1cc(C(=O)NC2(CO)CCCC(C)C2)sc1Br. The minimum absolute atomic E-state index is 0.0224. The average molecular weight is 346 g/mol. The van der Waals surface area contributed by atoms with E-state index in [0.717, 1.165) is 28.6 Å². The van der Waals surface area contributed by atoms with E-state index in [-0.39, 0.29) is 12.5 Å². The third kappa shape index (κ3) is 3.38. The van der Waals surface area contributed by atoms with E-state index >= 15 is 0 Å². The standard InChI is InChI=1S/C14H20BrNO2S/c1-9-4-3-5-14(7-9,8-17)16-13(18)11-6-10(2)12(15)19-11/h6,9,17H,3-5,7-8H2,1-2H3,(H,16,18). The molecule has 0 spiro atoms. The van der Waals surface area contributed by atoms with Gasteiger partial charge in [0, 0.05) is 0 Å². The summed E-state index contributed by atoms with van der Waals surface area (Å²) in [6.45, 7) is 4.18. The van der Waals surface area contributed by atoms with Gasteiger partial charge in [0.25, 0.3) is 5.91 Å². The summed E-state index contributed by atoms with van der Waals surface area (Å²) in [6, 6.07) is 1.89. The van der Waals surface area contributed by atoms with Crippen molar-refractivity contribution in [3.63, 3.8) is 0 Å². The maximum atomic E-state index is 12.3. The fraction of sp³-hybridized carbons (Fsp3) is 0.643. The normalized spacial score (nSPS) is 27.3. The minimum Gasteiger partial charge on any atom is -0.394 e. The summed E-state index contributed by atoms with van der Waals surface area (Å²) in [5.74, 6) is 0.486. The van der Waals surface area contributed by atoms with Crippen molar-refractivity contribution in [2.24, 2.45) is 5.92 Å². The van der Waals surface area contributed by atoms with Gasteiger partial charge >= 0.3 is 0 Å². The highest BCUT2D eigenvalue weighted by molar-refractivity contribution is 9.11. The van der Waals surface area contributed by atoms with Crippen LogP contribution in [-0.4, -0.2) is 23.2 Å². The van der Waals surface area contributed by atoms with E-state index in [1.165, 1.54) is 17.8 Å². The molecule has 1 heterocycles. The van der Waals surface area contributed by atoms with Crippen LogP contribution in [0.15, 0.2) is 9.85 Å². The lowest BCUT2D eigenvalue weighted by molar-refractivity contribution is 0.0700. The first-order valence-corrected chi connectivity index (χ1v) is 8.26. The first kappa shape index (κ1) is 15.0.